The number of rotatable bonds is 7. The number of primary amides is 1. The van der Waals surface area contributed by atoms with Crippen molar-refractivity contribution in [2.45, 2.75) is 12.8 Å². The highest BCUT2D eigenvalue weighted by Gasteiger charge is 2.25. The Morgan fingerprint density at radius 2 is 2.08 bits per heavy atom. The monoisotopic (exact) mass is 336 g/mol. The lowest BCUT2D eigenvalue weighted by atomic mass is 9.98. The van der Waals surface area contributed by atoms with Gasteiger partial charge in [0, 0.05) is 25.8 Å². The highest BCUT2D eigenvalue weighted by molar-refractivity contribution is 5.95. The van der Waals surface area contributed by atoms with Gasteiger partial charge in [0.1, 0.15) is 0 Å². The number of likely N-dealkylation sites (tertiary alicyclic amines) is 1. The minimum absolute atomic E-state index is 0.0458. The fourth-order valence-corrected chi connectivity index (χ4v) is 2.87. The van der Waals surface area contributed by atoms with Gasteiger partial charge in [0.2, 0.25) is 0 Å². The van der Waals surface area contributed by atoms with E-state index in [9.17, 15) is 9.59 Å². The standard InChI is InChI=1S/C17H24N2O5/c1-22-10-12-4-3-7-19(9-12)17(21)13-5-6-14(15(8-13)23-2)24-11-16(18)20/h5-6,8,12H,3-4,7,9-11H2,1-2H3,(H2,18,20). The van der Waals surface area contributed by atoms with Crippen molar-refractivity contribution in [1.29, 1.82) is 0 Å². The summed E-state index contributed by atoms with van der Waals surface area (Å²) >= 11 is 0. The fourth-order valence-electron chi connectivity index (χ4n) is 2.87. The highest BCUT2D eigenvalue weighted by atomic mass is 16.5. The molecule has 132 valence electrons. The van der Waals surface area contributed by atoms with Gasteiger partial charge >= 0.3 is 0 Å². The molecule has 1 fully saturated rings. The molecule has 0 aromatic heterocycles. The maximum Gasteiger partial charge on any atom is 0.255 e. The largest absolute Gasteiger partial charge is 0.493 e. The van der Waals surface area contributed by atoms with Crippen LogP contribution in [0, 0.1) is 5.92 Å². The zero-order valence-electron chi connectivity index (χ0n) is 14.1. The third-order valence-electron chi connectivity index (χ3n) is 3.99. The smallest absolute Gasteiger partial charge is 0.255 e. The molecule has 7 nitrogen and oxygen atoms in total. The van der Waals surface area contributed by atoms with E-state index >= 15 is 0 Å². The van der Waals surface area contributed by atoms with Crippen molar-refractivity contribution >= 4 is 11.8 Å². The number of carbonyl (C=O) groups is 2. The molecular weight excluding hydrogens is 312 g/mol. The van der Waals surface area contributed by atoms with Crippen LogP contribution in [0.25, 0.3) is 0 Å². The summed E-state index contributed by atoms with van der Waals surface area (Å²) in [7, 11) is 3.16. The molecule has 1 heterocycles. The molecule has 2 rings (SSSR count). The molecule has 24 heavy (non-hydrogen) atoms. The van der Waals surface area contributed by atoms with Gasteiger partial charge < -0.3 is 24.8 Å². The van der Waals surface area contributed by atoms with Gasteiger partial charge in [-0.1, -0.05) is 0 Å². The van der Waals surface area contributed by atoms with E-state index in [0.29, 0.717) is 36.1 Å². The molecule has 1 aromatic carbocycles. The van der Waals surface area contributed by atoms with Crippen LogP contribution in [0.1, 0.15) is 23.2 Å². The number of carbonyl (C=O) groups excluding carboxylic acids is 2. The highest BCUT2D eigenvalue weighted by Crippen LogP contribution is 2.29. The first-order valence-electron chi connectivity index (χ1n) is 7.92. The second-order valence-corrected chi connectivity index (χ2v) is 5.84. The molecule has 2 amide bonds. The Balaban J connectivity index is 2.10. The molecule has 0 aliphatic carbocycles. The third-order valence-corrected chi connectivity index (χ3v) is 3.99. The first-order chi connectivity index (χ1) is 11.5. The lowest BCUT2D eigenvalue weighted by molar-refractivity contribution is -0.119. The SMILES string of the molecule is COCC1CCCN(C(=O)c2ccc(OCC(N)=O)c(OC)c2)C1. The van der Waals surface area contributed by atoms with Gasteiger partial charge in [0.15, 0.2) is 18.1 Å². The predicted molar refractivity (Wildman–Crippen MR) is 88.2 cm³/mol. The number of ether oxygens (including phenoxy) is 3. The summed E-state index contributed by atoms with van der Waals surface area (Å²) in [5.74, 6) is 0.523. The van der Waals surface area contributed by atoms with Crippen molar-refractivity contribution in [3.63, 3.8) is 0 Å². The summed E-state index contributed by atoms with van der Waals surface area (Å²) in [6.45, 7) is 1.84. The number of nitrogens with zero attached hydrogens (tertiary/aromatic N) is 1. The average molecular weight is 336 g/mol. The Hall–Kier alpha value is -2.28. The summed E-state index contributed by atoms with van der Waals surface area (Å²) in [6.07, 6.45) is 2.04. The van der Waals surface area contributed by atoms with Gasteiger partial charge in [-0.25, -0.2) is 0 Å². The third kappa shape index (κ3) is 4.61. The van der Waals surface area contributed by atoms with Gasteiger partial charge in [0.25, 0.3) is 11.8 Å². The van der Waals surface area contributed by atoms with Gasteiger partial charge in [0.05, 0.1) is 13.7 Å². The van der Waals surface area contributed by atoms with Crippen LogP contribution in [-0.4, -0.2) is 57.2 Å². The lowest BCUT2D eigenvalue weighted by Gasteiger charge is -2.32. The summed E-state index contributed by atoms with van der Waals surface area (Å²) in [4.78, 5) is 25.4. The minimum atomic E-state index is -0.574. The molecule has 0 spiro atoms. The molecule has 1 atom stereocenters. The van der Waals surface area contributed by atoms with Crippen LogP contribution < -0.4 is 15.2 Å². The van der Waals surface area contributed by atoms with Crippen LogP contribution in [0.2, 0.25) is 0 Å². The molecule has 2 N–H and O–H groups in total. The predicted octanol–water partition coefficient (Wildman–Crippen LogP) is 1.06. The van der Waals surface area contributed by atoms with E-state index in [2.05, 4.69) is 0 Å². The zero-order valence-corrected chi connectivity index (χ0v) is 14.1. The van der Waals surface area contributed by atoms with Crippen molar-refractivity contribution in [1.82, 2.24) is 4.90 Å². The Morgan fingerprint density at radius 1 is 1.29 bits per heavy atom. The minimum Gasteiger partial charge on any atom is -0.493 e. The first-order valence-corrected chi connectivity index (χ1v) is 7.92. The first kappa shape index (κ1) is 18.1. The number of nitrogens with two attached hydrogens (primary N) is 1. The van der Waals surface area contributed by atoms with E-state index in [-0.39, 0.29) is 12.5 Å². The molecule has 0 bridgehead atoms. The van der Waals surface area contributed by atoms with E-state index < -0.39 is 5.91 Å². The number of benzene rings is 1. The quantitative estimate of drug-likeness (QED) is 0.804. The maximum absolute atomic E-state index is 12.7. The number of methoxy groups -OCH3 is 2. The topological polar surface area (TPSA) is 91.1 Å². The Bertz CT molecular complexity index is 588. The second-order valence-electron chi connectivity index (χ2n) is 5.84. The summed E-state index contributed by atoms with van der Waals surface area (Å²) in [6, 6.07) is 4.91. The van der Waals surface area contributed by atoms with Crippen molar-refractivity contribution in [2.75, 3.05) is 40.5 Å². The van der Waals surface area contributed by atoms with Gasteiger partial charge in [-0.2, -0.15) is 0 Å². The molecule has 1 saturated heterocycles. The number of piperidine rings is 1. The van der Waals surface area contributed by atoms with Crippen molar-refractivity contribution < 1.29 is 23.8 Å². The number of hydrogen-bond donors (Lipinski definition) is 1. The summed E-state index contributed by atoms with van der Waals surface area (Å²) in [5.41, 5.74) is 5.59. The molecule has 1 unspecified atom stereocenters. The number of amides is 2. The van der Waals surface area contributed by atoms with E-state index in [1.165, 1.54) is 7.11 Å². The molecule has 0 saturated carbocycles. The van der Waals surface area contributed by atoms with Crippen LogP contribution in [0.5, 0.6) is 11.5 Å². The average Bonchev–Trinajstić information content (AvgIpc) is 2.59. The lowest BCUT2D eigenvalue weighted by Crippen LogP contribution is -2.41. The van der Waals surface area contributed by atoms with Crippen LogP contribution >= 0.6 is 0 Å². The van der Waals surface area contributed by atoms with Crippen molar-refractivity contribution in [2.24, 2.45) is 11.7 Å². The van der Waals surface area contributed by atoms with Gasteiger partial charge in [-0.15, -0.1) is 0 Å². The fraction of sp³-hybridized carbons (Fsp3) is 0.529. The van der Waals surface area contributed by atoms with Gasteiger partial charge in [-0.05, 0) is 37.0 Å². The van der Waals surface area contributed by atoms with E-state index in [4.69, 9.17) is 19.9 Å². The van der Waals surface area contributed by atoms with Crippen LogP contribution in [0.3, 0.4) is 0 Å². The normalized spacial score (nSPS) is 17.4. The summed E-state index contributed by atoms with van der Waals surface area (Å²) in [5, 5.41) is 0. The van der Waals surface area contributed by atoms with Crippen LogP contribution in [0.4, 0.5) is 0 Å². The number of hydrogen-bond acceptors (Lipinski definition) is 5. The summed E-state index contributed by atoms with van der Waals surface area (Å²) < 4.78 is 15.7. The Morgan fingerprint density at radius 3 is 2.75 bits per heavy atom. The molecule has 0 radical (unpaired) electrons. The molecule has 1 aliphatic heterocycles. The second kappa shape index (κ2) is 8.54. The maximum atomic E-state index is 12.7. The Kier molecular flexibility index (Phi) is 6.43. The van der Waals surface area contributed by atoms with Crippen LogP contribution in [0.15, 0.2) is 18.2 Å². The van der Waals surface area contributed by atoms with Crippen molar-refractivity contribution in [3.8, 4) is 11.5 Å². The zero-order chi connectivity index (χ0) is 17.5. The molecular formula is C17H24N2O5. The van der Waals surface area contributed by atoms with Crippen molar-refractivity contribution in [3.05, 3.63) is 23.8 Å². The molecule has 7 heteroatoms. The van der Waals surface area contributed by atoms with E-state index in [0.717, 1.165) is 19.4 Å². The Labute approximate surface area is 141 Å². The molecule has 1 aliphatic rings. The van der Waals surface area contributed by atoms with E-state index in [1.807, 2.05) is 4.90 Å². The molecule has 1 aromatic rings. The van der Waals surface area contributed by atoms with Crippen LogP contribution in [-0.2, 0) is 9.53 Å². The van der Waals surface area contributed by atoms with Gasteiger partial charge in [-0.3, -0.25) is 9.59 Å². The van der Waals surface area contributed by atoms with E-state index in [1.54, 1.807) is 25.3 Å².